The molecular weight excluding hydrogens is 368 g/mol. The third kappa shape index (κ3) is 4.13. The van der Waals surface area contributed by atoms with E-state index < -0.39 is 0 Å². The van der Waals surface area contributed by atoms with Crippen molar-refractivity contribution in [3.05, 3.63) is 56.9 Å². The molecule has 0 spiro atoms. The molecule has 1 aliphatic rings. The van der Waals surface area contributed by atoms with E-state index in [1.807, 2.05) is 56.0 Å². The van der Waals surface area contributed by atoms with Crippen LogP contribution in [0.25, 0.3) is 5.69 Å². The zero-order valence-corrected chi connectivity index (χ0v) is 17.6. The number of nitrogens with zero attached hydrogens (tertiary/aromatic N) is 3. The fourth-order valence-corrected chi connectivity index (χ4v) is 4.03. The first-order valence-corrected chi connectivity index (χ1v) is 10.3. The van der Waals surface area contributed by atoms with Crippen molar-refractivity contribution < 1.29 is 4.79 Å². The van der Waals surface area contributed by atoms with E-state index in [2.05, 4.69) is 5.32 Å². The average Bonchev–Trinajstić information content (AvgIpc) is 2.69. The lowest BCUT2D eigenvalue weighted by Crippen LogP contribution is -2.47. The summed E-state index contributed by atoms with van der Waals surface area (Å²) >= 11 is 0. The van der Waals surface area contributed by atoms with E-state index in [1.54, 1.807) is 11.5 Å². The van der Waals surface area contributed by atoms with Gasteiger partial charge in [-0.3, -0.25) is 18.7 Å². The monoisotopic (exact) mass is 398 g/mol. The van der Waals surface area contributed by atoms with E-state index in [1.165, 1.54) is 4.57 Å². The summed E-state index contributed by atoms with van der Waals surface area (Å²) < 4.78 is 2.89. The van der Waals surface area contributed by atoms with Crippen LogP contribution in [0.15, 0.2) is 39.9 Å². The molecule has 0 atom stereocenters. The number of amides is 1. The van der Waals surface area contributed by atoms with Crippen LogP contribution in [0.5, 0.6) is 0 Å². The van der Waals surface area contributed by atoms with Gasteiger partial charge in [0, 0.05) is 31.6 Å². The Labute approximate surface area is 171 Å². The van der Waals surface area contributed by atoms with Gasteiger partial charge in [0.25, 0.3) is 5.56 Å². The Morgan fingerprint density at radius 1 is 1.14 bits per heavy atom. The Bertz CT molecular complexity index is 984. The zero-order chi connectivity index (χ0) is 21.1. The van der Waals surface area contributed by atoms with E-state index in [0.717, 1.165) is 5.69 Å². The summed E-state index contributed by atoms with van der Waals surface area (Å²) in [5.74, 6) is 0.0407. The second kappa shape index (κ2) is 8.68. The van der Waals surface area contributed by atoms with Gasteiger partial charge in [0.2, 0.25) is 5.91 Å². The number of rotatable bonds is 5. The molecule has 0 radical (unpaired) electrons. The Balaban J connectivity index is 1.98. The number of benzene rings is 1. The molecule has 0 unspecified atom stereocenters. The number of hydrogen-bond donors (Lipinski definition) is 1. The minimum atomic E-state index is -0.323. The second-order valence-electron chi connectivity index (χ2n) is 7.86. The number of anilines is 1. The fraction of sp³-hybridized carbons (Fsp3) is 0.500. The molecule has 1 fully saturated rings. The van der Waals surface area contributed by atoms with Gasteiger partial charge in [0.15, 0.2) is 0 Å². The highest BCUT2D eigenvalue weighted by Crippen LogP contribution is 2.24. The smallest absolute Gasteiger partial charge is 0.335 e. The highest BCUT2D eigenvalue weighted by Gasteiger charge is 2.29. The van der Waals surface area contributed by atoms with Crippen LogP contribution < -0.4 is 21.5 Å². The van der Waals surface area contributed by atoms with E-state index in [-0.39, 0.29) is 29.1 Å². The summed E-state index contributed by atoms with van der Waals surface area (Å²) in [5.41, 5.74) is 1.35. The minimum absolute atomic E-state index is 0.0395. The molecule has 1 aromatic carbocycles. The molecule has 1 amide bonds. The van der Waals surface area contributed by atoms with Crippen molar-refractivity contribution in [2.45, 2.75) is 53.1 Å². The van der Waals surface area contributed by atoms with Gasteiger partial charge in [-0.1, -0.05) is 18.2 Å². The SMILES string of the molecule is CCn1c(=O)c(N2CCC(C(=O)NC(C)C)CC2)c(C)n(-c2ccccc2)c1=O. The molecule has 3 rings (SSSR count). The van der Waals surface area contributed by atoms with Gasteiger partial charge in [-0.15, -0.1) is 0 Å². The molecule has 1 aromatic heterocycles. The summed E-state index contributed by atoms with van der Waals surface area (Å²) in [6, 6.07) is 9.50. The second-order valence-corrected chi connectivity index (χ2v) is 7.86. The number of hydrogen-bond acceptors (Lipinski definition) is 4. The Hall–Kier alpha value is -2.83. The van der Waals surface area contributed by atoms with E-state index in [4.69, 9.17) is 0 Å². The lowest BCUT2D eigenvalue weighted by Gasteiger charge is -2.34. The predicted molar refractivity (Wildman–Crippen MR) is 115 cm³/mol. The lowest BCUT2D eigenvalue weighted by molar-refractivity contribution is -0.126. The summed E-state index contributed by atoms with van der Waals surface area (Å²) in [5, 5.41) is 2.98. The maximum Gasteiger partial charge on any atom is 0.335 e. The van der Waals surface area contributed by atoms with E-state index in [0.29, 0.717) is 43.9 Å². The summed E-state index contributed by atoms with van der Waals surface area (Å²) in [7, 11) is 0. The van der Waals surface area contributed by atoms with Gasteiger partial charge in [0.1, 0.15) is 5.69 Å². The molecule has 156 valence electrons. The molecule has 7 nitrogen and oxygen atoms in total. The number of aromatic nitrogens is 2. The first-order chi connectivity index (χ1) is 13.8. The topological polar surface area (TPSA) is 76.3 Å². The molecule has 0 saturated carbocycles. The molecule has 1 aliphatic heterocycles. The van der Waals surface area contributed by atoms with E-state index >= 15 is 0 Å². The van der Waals surface area contributed by atoms with E-state index in [9.17, 15) is 14.4 Å². The maximum atomic E-state index is 13.1. The highest BCUT2D eigenvalue weighted by atomic mass is 16.2. The Morgan fingerprint density at radius 2 is 1.76 bits per heavy atom. The molecule has 1 saturated heterocycles. The Kier molecular flexibility index (Phi) is 6.25. The van der Waals surface area contributed by atoms with Crippen LogP contribution in [0.1, 0.15) is 39.3 Å². The highest BCUT2D eigenvalue weighted by molar-refractivity contribution is 5.79. The number of nitrogens with one attached hydrogen (secondary N) is 1. The summed E-state index contributed by atoms with van der Waals surface area (Å²) in [4.78, 5) is 40.4. The molecule has 2 aromatic rings. The largest absolute Gasteiger partial charge is 0.366 e. The molecule has 0 aliphatic carbocycles. The van der Waals surface area contributed by atoms with Crippen molar-refractivity contribution >= 4 is 11.6 Å². The molecule has 1 N–H and O–H groups in total. The molecule has 0 bridgehead atoms. The fourth-order valence-electron chi connectivity index (χ4n) is 4.03. The molecule has 29 heavy (non-hydrogen) atoms. The number of carbonyl (C=O) groups excluding carboxylic acids is 1. The Morgan fingerprint density at radius 3 is 2.31 bits per heavy atom. The number of para-hydroxylation sites is 1. The third-order valence-corrected chi connectivity index (χ3v) is 5.49. The minimum Gasteiger partial charge on any atom is -0.366 e. The normalized spacial score (nSPS) is 15.0. The predicted octanol–water partition coefficient (Wildman–Crippen LogP) is 2.07. The van der Waals surface area contributed by atoms with Crippen LogP contribution >= 0.6 is 0 Å². The van der Waals surface area contributed by atoms with Crippen molar-refractivity contribution in [1.82, 2.24) is 14.5 Å². The van der Waals surface area contributed by atoms with Crippen molar-refractivity contribution in [1.29, 1.82) is 0 Å². The van der Waals surface area contributed by atoms with Crippen LogP contribution in [-0.2, 0) is 11.3 Å². The van der Waals surface area contributed by atoms with Crippen molar-refractivity contribution in [3.63, 3.8) is 0 Å². The lowest BCUT2D eigenvalue weighted by atomic mass is 9.95. The van der Waals surface area contributed by atoms with Crippen LogP contribution in [-0.4, -0.2) is 34.2 Å². The van der Waals surface area contributed by atoms with Crippen LogP contribution in [0.2, 0.25) is 0 Å². The number of piperidine rings is 1. The van der Waals surface area contributed by atoms with Gasteiger partial charge < -0.3 is 10.2 Å². The molecule has 2 heterocycles. The first kappa shape index (κ1) is 20.9. The quantitative estimate of drug-likeness (QED) is 0.837. The maximum absolute atomic E-state index is 13.1. The zero-order valence-electron chi connectivity index (χ0n) is 17.6. The molecular formula is C22H30N4O3. The van der Waals surface area contributed by atoms with Crippen LogP contribution in [0.4, 0.5) is 5.69 Å². The first-order valence-electron chi connectivity index (χ1n) is 10.3. The standard InChI is InChI=1S/C22H30N4O3/c1-5-25-21(28)19(16(4)26(22(25)29)18-9-7-6-8-10-18)24-13-11-17(12-14-24)20(27)23-15(2)3/h6-10,15,17H,5,11-14H2,1-4H3,(H,23,27). The van der Waals surface area contributed by atoms with Gasteiger partial charge in [-0.25, -0.2) is 4.79 Å². The van der Waals surface area contributed by atoms with Gasteiger partial charge in [-0.05, 0) is 52.7 Å². The van der Waals surface area contributed by atoms with Crippen molar-refractivity contribution in [2.75, 3.05) is 18.0 Å². The third-order valence-electron chi connectivity index (χ3n) is 5.49. The van der Waals surface area contributed by atoms with Crippen molar-refractivity contribution in [3.8, 4) is 5.69 Å². The number of carbonyl (C=O) groups is 1. The van der Waals surface area contributed by atoms with Gasteiger partial charge in [0.05, 0.1) is 11.4 Å². The average molecular weight is 399 g/mol. The summed E-state index contributed by atoms with van der Waals surface area (Å²) in [6.45, 7) is 9.08. The summed E-state index contributed by atoms with van der Waals surface area (Å²) in [6.07, 6.45) is 1.38. The van der Waals surface area contributed by atoms with Crippen LogP contribution in [0.3, 0.4) is 0 Å². The van der Waals surface area contributed by atoms with Gasteiger partial charge in [-0.2, -0.15) is 0 Å². The molecule has 7 heteroatoms. The van der Waals surface area contributed by atoms with Crippen LogP contribution in [0, 0.1) is 12.8 Å². The van der Waals surface area contributed by atoms with Gasteiger partial charge >= 0.3 is 5.69 Å². The van der Waals surface area contributed by atoms with Crippen molar-refractivity contribution in [2.24, 2.45) is 5.92 Å².